The molecule has 5 heteroatoms. The molecule has 1 heterocycles. The van der Waals surface area contributed by atoms with Crippen LogP contribution in [0.4, 0.5) is 11.4 Å². The van der Waals surface area contributed by atoms with Crippen LogP contribution >= 0.6 is 0 Å². The molecule has 168 valence electrons. The second-order valence-corrected chi connectivity index (χ2v) is 8.34. The summed E-state index contributed by atoms with van der Waals surface area (Å²) in [7, 11) is 0. The van der Waals surface area contributed by atoms with Crippen molar-refractivity contribution in [3.8, 4) is 5.75 Å². The molecular weight excluding hydrogens is 412 g/mol. The van der Waals surface area contributed by atoms with E-state index in [9.17, 15) is 9.59 Å². The minimum Gasteiger partial charge on any atom is -0.492 e. The topological polar surface area (TPSA) is 58.6 Å². The van der Waals surface area contributed by atoms with Crippen molar-refractivity contribution in [1.29, 1.82) is 0 Å². The van der Waals surface area contributed by atoms with E-state index in [-0.39, 0.29) is 17.5 Å². The first kappa shape index (κ1) is 22.3. The normalized spacial score (nSPS) is 13.7. The highest BCUT2D eigenvalue weighted by atomic mass is 16.5. The standard InChI is InChI=1S/C28H28N2O3/c1-6-33-24-10-8-7-9-22(24)29-26-25(21-14-13-18(3)20(5)16-21)27(31)30(28(26)32)23-15-17(2)11-12-19(23)4/h7-16,29H,6H2,1-5H3. The quantitative estimate of drug-likeness (QED) is 0.499. The lowest BCUT2D eigenvalue weighted by atomic mass is 9.99. The minimum atomic E-state index is -0.381. The largest absolute Gasteiger partial charge is 0.492 e. The number of carbonyl (C=O) groups excluding carboxylic acids is 2. The molecule has 1 N–H and O–H groups in total. The van der Waals surface area contributed by atoms with E-state index in [0.29, 0.717) is 34.9 Å². The van der Waals surface area contributed by atoms with E-state index >= 15 is 0 Å². The number of benzene rings is 3. The molecule has 0 saturated carbocycles. The zero-order valence-corrected chi connectivity index (χ0v) is 19.7. The number of hydrogen-bond donors (Lipinski definition) is 1. The number of para-hydroxylation sites is 2. The summed E-state index contributed by atoms with van der Waals surface area (Å²) >= 11 is 0. The van der Waals surface area contributed by atoms with Gasteiger partial charge in [-0.2, -0.15) is 0 Å². The lowest BCUT2D eigenvalue weighted by Gasteiger charge is -2.19. The summed E-state index contributed by atoms with van der Waals surface area (Å²) in [6.45, 7) is 10.3. The first-order valence-electron chi connectivity index (χ1n) is 11.1. The summed E-state index contributed by atoms with van der Waals surface area (Å²) in [6.07, 6.45) is 0. The predicted octanol–water partition coefficient (Wildman–Crippen LogP) is 5.72. The average Bonchev–Trinajstić information content (AvgIpc) is 3.03. The van der Waals surface area contributed by atoms with Crippen LogP contribution in [0, 0.1) is 27.7 Å². The van der Waals surface area contributed by atoms with Gasteiger partial charge in [0.05, 0.1) is 23.6 Å². The highest BCUT2D eigenvalue weighted by Crippen LogP contribution is 2.37. The minimum absolute atomic E-state index is 0.247. The van der Waals surface area contributed by atoms with Crippen LogP contribution in [0.5, 0.6) is 5.75 Å². The Bertz CT molecular complexity index is 1290. The molecule has 0 atom stereocenters. The SMILES string of the molecule is CCOc1ccccc1NC1=C(c2ccc(C)c(C)c2)C(=O)N(c2cc(C)ccc2C)C1=O. The molecule has 1 aliphatic rings. The summed E-state index contributed by atoms with van der Waals surface area (Å²) in [5.74, 6) is -0.0982. The van der Waals surface area contributed by atoms with E-state index in [0.717, 1.165) is 22.3 Å². The summed E-state index contributed by atoms with van der Waals surface area (Å²) in [4.78, 5) is 28.8. The molecule has 0 radical (unpaired) electrons. The highest BCUT2D eigenvalue weighted by molar-refractivity contribution is 6.46. The van der Waals surface area contributed by atoms with Gasteiger partial charge in [0.25, 0.3) is 11.8 Å². The molecule has 0 unspecified atom stereocenters. The van der Waals surface area contributed by atoms with Crippen molar-refractivity contribution in [2.75, 3.05) is 16.8 Å². The van der Waals surface area contributed by atoms with Gasteiger partial charge in [-0.3, -0.25) is 9.59 Å². The van der Waals surface area contributed by atoms with Crippen LogP contribution in [-0.2, 0) is 9.59 Å². The van der Waals surface area contributed by atoms with Crippen molar-refractivity contribution in [2.45, 2.75) is 34.6 Å². The molecule has 3 aromatic carbocycles. The van der Waals surface area contributed by atoms with E-state index in [1.54, 1.807) is 0 Å². The molecule has 0 aliphatic carbocycles. The number of amides is 2. The summed E-state index contributed by atoms with van der Waals surface area (Å²) < 4.78 is 5.74. The van der Waals surface area contributed by atoms with Crippen molar-refractivity contribution in [3.05, 3.63) is 94.2 Å². The Kier molecular flexibility index (Phi) is 6.05. The molecule has 0 fully saturated rings. The van der Waals surface area contributed by atoms with Crippen LogP contribution in [0.3, 0.4) is 0 Å². The van der Waals surface area contributed by atoms with Crippen molar-refractivity contribution in [2.24, 2.45) is 0 Å². The number of ether oxygens (including phenoxy) is 1. The Balaban J connectivity index is 1.88. The number of imide groups is 1. The Morgan fingerprint density at radius 3 is 2.27 bits per heavy atom. The van der Waals surface area contributed by atoms with Crippen LogP contribution in [0.15, 0.2) is 66.4 Å². The Morgan fingerprint density at radius 1 is 0.818 bits per heavy atom. The third kappa shape index (κ3) is 4.14. The fraction of sp³-hybridized carbons (Fsp3) is 0.214. The molecule has 3 aromatic rings. The predicted molar refractivity (Wildman–Crippen MR) is 132 cm³/mol. The van der Waals surface area contributed by atoms with Gasteiger partial charge in [-0.15, -0.1) is 0 Å². The van der Waals surface area contributed by atoms with Gasteiger partial charge in [-0.25, -0.2) is 4.90 Å². The molecule has 33 heavy (non-hydrogen) atoms. The maximum Gasteiger partial charge on any atom is 0.282 e. The number of rotatable bonds is 6. The molecule has 0 saturated heterocycles. The first-order chi connectivity index (χ1) is 15.8. The molecule has 0 spiro atoms. The first-order valence-corrected chi connectivity index (χ1v) is 11.1. The number of nitrogens with one attached hydrogen (secondary N) is 1. The number of anilines is 2. The summed E-state index contributed by atoms with van der Waals surface area (Å²) in [5.41, 5.74) is 6.57. The van der Waals surface area contributed by atoms with Gasteiger partial charge in [0.2, 0.25) is 0 Å². The maximum atomic E-state index is 13.8. The molecule has 5 nitrogen and oxygen atoms in total. The number of aryl methyl sites for hydroxylation is 4. The number of carbonyl (C=O) groups is 2. The molecule has 4 rings (SSSR count). The van der Waals surface area contributed by atoms with Crippen molar-refractivity contribution >= 4 is 28.8 Å². The second-order valence-electron chi connectivity index (χ2n) is 8.34. The van der Waals surface area contributed by atoms with Gasteiger partial charge < -0.3 is 10.1 Å². The van der Waals surface area contributed by atoms with E-state index in [1.807, 2.05) is 95.3 Å². The van der Waals surface area contributed by atoms with Crippen LogP contribution in [0.1, 0.15) is 34.7 Å². The molecular formula is C28H28N2O3. The second kappa shape index (κ2) is 8.94. The van der Waals surface area contributed by atoms with Crippen LogP contribution in [0.25, 0.3) is 5.57 Å². The number of hydrogen-bond acceptors (Lipinski definition) is 4. The van der Waals surface area contributed by atoms with Crippen molar-refractivity contribution < 1.29 is 14.3 Å². The van der Waals surface area contributed by atoms with Crippen LogP contribution in [0.2, 0.25) is 0 Å². The van der Waals surface area contributed by atoms with Gasteiger partial charge in [-0.05, 0) is 80.6 Å². The highest BCUT2D eigenvalue weighted by Gasteiger charge is 2.41. The molecule has 1 aliphatic heterocycles. The smallest absolute Gasteiger partial charge is 0.282 e. The van der Waals surface area contributed by atoms with Gasteiger partial charge in [0, 0.05) is 0 Å². The molecule has 0 bridgehead atoms. The van der Waals surface area contributed by atoms with Gasteiger partial charge in [-0.1, -0.05) is 42.5 Å². The third-order valence-electron chi connectivity index (χ3n) is 5.93. The zero-order valence-electron chi connectivity index (χ0n) is 19.7. The fourth-order valence-corrected chi connectivity index (χ4v) is 3.98. The maximum absolute atomic E-state index is 13.8. The zero-order chi connectivity index (χ0) is 23.7. The van der Waals surface area contributed by atoms with Gasteiger partial charge >= 0.3 is 0 Å². The summed E-state index contributed by atoms with van der Waals surface area (Å²) in [5, 5.41) is 3.23. The van der Waals surface area contributed by atoms with Crippen LogP contribution in [-0.4, -0.2) is 18.4 Å². The monoisotopic (exact) mass is 440 g/mol. The van der Waals surface area contributed by atoms with Crippen molar-refractivity contribution in [3.63, 3.8) is 0 Å². The van der Waals surface area contributed by atoms with E-state index < -0.39 is 0 Å². The lowest BCUT2D eigenvalue weighted by Crippen LogP contribution is -2.33. The number of nitrogens with zero attached hydrogens (tertiary/aromatic N) is 1. The Hall–Kier alpha value is -3.86. The fourth-order valence-electron chi connectivity index (χ4n) is 3.98. The third-order valence-corrected chi connectivity index (χ3v) is 5.93. The molecule has 2 amide bonds. The van der Waals surface area contributed by atoms with Crippen LogP contribution < -0.4 is 15.0 Å². The van der Waals surface area contributed by atoms with E-state index in [4.69, 9.17) is 4.74 Å². The Morgan fingerprint density at radius 2 is 1.55 bits per heavy atom. The lowest BCUT2D eigenvalue weighted by molar-refractivity contribution is -0.120. The van der Waals surface area contributed by atoms with Crippen molar-refractivity contribution in [1.82, 2.24) is 0 Å². The average molecular weight is 441 g/mol. The Labute approximate surface area is 194 Å². The molecule has 0 aromatic heterocycles. The van der Waals surface area contributed by atoms with Gasteiger partial charge in [0.15, 0.2) is 0 Å². The van der Waals surface area contributed by atoms with Gasteiger partial charge in [0.1, 0.15) is 11.4 Å². The van der Waals surface area contributed by atoms with E-state index in [1.165, 1.54) is 4.90 Å². The summed E-state index contributed by atoms with van der Waals surface area (Å²) in [6, 6.07) is 19.0. The van der Waals surface area contributed by atoms with E-state index in [2.05, 4.69) is 5.32 Å².